The zero-order valence-electron chi connectivity index (χ0n) is 18.3. The molecule has 9 heteroatoms. The van der Waals surface area contributed by atoms with Gasteiger partial charge in [0.1, 0.15) is 23.0 Å². The maximum absolute atomic E-state index is 12.0. The Hall–Kier alpha value is -2.62. The van der Waals surface area contributed by atoms with E-state index in [1.807, 2.05) is 27.7 Å². The third kappa shape index (κ3) is 3.66. The van der Waals surface area contributed by atoms with E-state index in [-0.39, 0.29) is 24.0 Å². The van der Waals surface area contributed by atoms with Crippen molar-refractivity contribution < 1.29 is 32.5 Å². The summed E-state index contributed by atoms with van der Waals surface area (Å²) in [6.45, 7) is 7.53. The fraction of sp³-hybridized carbons (Fsp3) is 0.545. The first-order valence-electron chi connectivity index (χ1n) is 10.1. The SMILES string of the molecule is COc1cc(=O)oc2c1[C@H](O[C@@H]1O[C@@H](C)[C@H](C)c3oc(=O)cc(OC)c31)O[C@@H](C)[C@@H]2C. The van der Waals surface area contributed by atoms with Gasteiger partial charge in [-0.05, 0) is 13.8 Å². The number of fused-ring (bicyclic) bond motifs is 2. The highest BCUT2D eigenvalue weighted by Crippen LogP contribution is 2.48. The van der Waals surface area contributed by atoms with E-state index in [0.717, 1.165) is 0 Å². The van der Waals surface area contributed by atoms with Crippen molar-refractivity contribution >= 4 is 0 Å². The molecule has 4 heterocycles. The average molecular weight is 434 g/mol. The van der Waals surface area contributed by atoms with Crippen molar-refractivity contribution in [3.8, 4) is 11.5 Å². The van der Waals surface area contributed by atoms with Crippen LogP contribution in [0.3, 0.4) is 0 Å². The molecule has 0 spiro atoms. The molecule has 0 aromatic carbocycles. The molecule has 4 rings (SSSR count). The van der Waals surface area contributed by atoms with E-state index in [9.17, 15) is 9.59 Å². The van der Waals surface area contributed by atoms with Gasteiger partial charge in [0, 0.05) is 11.8 Å². The molecule has 9 nitrogen and oxygen atoms in total. The molecule has 0 aliphatic carbocycles. The molecule has 2 aromatic rings. The summed E-state index contributed by atoms with van der Waals surface area (Å²) < 4.78 is 40.3. The second-order valence-corrected chi connectivity index (χ2v) is 7.88. The van der Waals surface area contributed by atoms with Crippen LogP contribution in [0, 0.1) is 0 Å². The van der Waals surface area contributed by atoms with Crippen LogP contribution in [0.2, 0.25) is 0 Å². The lowest BCUT2D eigenvalue weighted by Gasteiger charge is -2.39. The largest absolute Gasteiger partial charge is 0.496 e. The molecule has 0 N–H and O–H groups in total. The first-order chi connectivity index (χ1) is 14.7. The van der Waals surface area contributed by atoms with Gasteiger partial charge in [-0.1, -0.05) is 13.8 Å². The Balaban J connectivity index is 1.81. The van der Waals surface area contributed by atoms with E-state index in [1.54, 1.807) is 0 Å². The molecule has 6 atom stereocenters. The van der Waals surface area contributed by atoms with Crippen LogP contribution >= 0.6 is 0 Å². The van der Waals surface area contributed by atoms with Crippen LogP contribution in [0.1, 0.15) is 74.8 Å². The van der Waals surface area contributed by atoms with Gasteiger partial charge in [-0.3, -0.25) is 0 Å². The highest BCUT2D eigenvalue weighted by Gasteiger charge is 2.42. The van der Waals surface area contributed by atoms with Gasteiger partial charge in [-0.25, -0.2) is 9.59 Å². The van der Waals surface area contributed by atoms with Crippen LogP contribution in [-0.4, -0.2) is 26.4 Å². The molecular formula is C22H26O9. The van der Waals surface area contributed by atoms with Crippen LogP contribution in [0.4, 0.5) is 0 Å². The van der Waals surface area contributed by atoms with E-state index in [0.29, 0.717) is 34.1 Å². The van der Waals surface area contributed by atoms with Gasteiger partial charge < -0.3 is 32.5 Å². The Kier molecular flexibility index (Phi) is 5.67. The third-order valence-electron chi connectivity index (χ3n) is 6.05. The van der Waals surface area contributed by atoms with Crippen LogP contribution in [0.5, 0.6) is 11.5 Å². The molecule has 0 unspecified atom stereocenters. The van der Waals surface area contributed by atoms with E-state index < -0.39 is 23.8 Å². The van der Waals surface area contributed by atoms with Crippen molar-refractivity contribution in [1.29, 1.82) is 0 Å². The van der Waals surface area contributed by atoms with Crippen LogP contribution < -0.4 is 20.7 Å². The average Bonchev–Trinajstić information content (AvgIpc) is 2.73. The summed E-state index contributed by atoms with van der Waals surface area (Å²) in [7, 11) is 2.92. The summed E-state index contributed by atoms with van der Waals surface area (Å²) in [6, 6.07) is 2.50. The summed E-state index contributed by atoms with van der Waals surface area (Å²) in [6.07, 6.45) is -2.50. The normalized spacial score (nSPS) is 29.7. The lowest BCUT2D eigenvalue weighted by Crippen LogP contribution is -2.34. The standard InChI is InChI=1S/C22H26O9/c1-9-11(3)27-21(17-13(25-5)7-15(23)29-19(9)17)31-22-18-14(26-6)8-16(24)30-20(18)10(2)12(4)28-22/h7-12,21-22H,1-6H3/t9-,10-,11-,12-,21-,22-/m0/s1. The summed E-state index contributed by atoms with van der Waals surface area (Å²) in [4.78, 5) is 24.0. The van der Waals surface area contributed by atoms with E-state index in [2.05, 4.69) is 0 Å². The zero-order chi connectivity index (χ0) is 22.4. The predicted octanol–water partition coefficient (Wildman–Crippen LogP) is 3.37. The molecule has 0 saturated heterocycles. The van der Waals surface area contributed by atoms with Gasteiger partial charge in [0.15, 0.2) is 12.6 Å². The van der Waals surface area contributed by atoms with Gasteiger partial charge in [0.25, 0.3) is 0 Å². The number of methoxy groups -OCH3 is 2. The minimum absolute atomic E-state index is 0.191. The van der Waals surface area contributed by atoms with Gasteiger partial charge in [-0.15, -0.1) is 0 Å². The highest BCUT2D eigenvalue weighted by molar-refractivity contribution is 5.40. The Labute approximate surface area is 178 Å². The maximum Gasteiger partial charge on any atom is 0.339 e. The van der Waals surface area contributed by atoms with Crippen molar-refractivity contribution in [3.05, 3.63) is 55.6 Å². The minimum atomic E-state index is -0.949. The second kappa shape index (κ2) is 8.14. The van der Waals surface area contributed by atoms with Crippen molar-refractivity contribution in [3.63, 3.8) is 0 Å². The number of hydrogen-bond donors (Lipinski definition) is 0. The molecule has 31 heavy (non-hydrogen) atoms. The Morgan fingerprint density at radius 2 is 1.10 bits per heavy atom. The summed E-state index contributed by atoms with van der Waals surface area (Å²) in [5.74, 6) is 1.11. The minimum Gasteiger partial charge on any atom is -0.496 e. The quantitative estimate of drug-likeness (QED) is 0.716. The number of ether oxygens (including phenoxy) is 5. The van der Waals surface area contributed by atoms with Crippen molar-refractivity contribution in [2.45, 2.75) is 64.3 Å². The lowest BCUT2D eigenvalue weighted by molar-refractivity contribution is -0.289. The Bertz CT molecular complexity index is 1000. The van der Waals surface area contributed by atoms with E-state index in [1.165, 1.54) is 26.4 Å². The van der Waals surface area contributed by atoms with Gasteiger partial charge >= 0.3 is 11.3 Å². The summed E-state index contributed by atoms with van der Waals surface area (Å²) in [5, 5.41) is 0. The molecule has 0 amide bonds. The Morgan fingerprint density at radius 3 is 1.45 bits per heavy atom. The van der Waals surface area contributed by atoms with Crippen molar-refractivity contribution in [2.24, 2.45) is 0 Å². The van der Waals surface area contributed by atoms with Gasteiger partial charge in [0.05, 0.1) is 49.7 Å². The highest BCUT2D eigenvalue weighted by atomic mass is 16.8. The molecule has 0 fully saturated rings. The lowest BCUT2D eigenvalue weighted by atomic mass is 9.93. The maximum atomic E-state index is 12.0. The van der Waals surface area contributed by atoms with E-state index >= 15 is 0 Å². The monoisotopic (exact) mass is 434 g/mol. The van der Waals surface area contributed by atoms with Crippen LogP contribution in [0.25, 0.3) is 0 Å². The number of hydrogen-bond acceptors (Lipinski definition) is 9. The fourth-order valence-corrected chi connectivity index (χ4v) is 3.98. The first-order valence-corrected chi connectivity index (χ1v) is 10.1. The van der Waals surface area contributed by atoms with Crippen LogP contribution in [-0.2, 0) is 14.2 Å². The molecule has 2 aromatic heterocycles. The van der Waals surface area contributed by atoms with Gasteiger partial charge in [0.2, 0.25) is 0 Å². The predicted molar refractivity (Wildman–Crippen MR) is 108 cm³/mol. The second-order valence-electron chi connectivity index (χ2n) is 7.88. The summed E-state index contributed by atoms with van der Waals surface area (Å²) >= 11 is 0. The van der Waals surface area contributed by atoms with Gasteiger partial charge in [-0.2, -0.15) is 0 Å². The smallest absolute Gasteiger partial charge is 0.339 e. The van der Waals surface area contributed by atoms with Crippen molar-refractivity contribution in [2.75, 3.05) is 14.2 Å². The third-order valence-corrected chi connectivity index (χ3v) is 6.05. The molecule has 2 aliphatic heterocycles. The zero-order valence-corrected chi connectivity index (χ0v) is 18.3. The molecule has 0 bridgehead atoms. The van der Waals surface area contributed by atoms with Crippen molar-refractivity contribution in [1.82, 2.24) is 0 Å². The first kappa shape index (κ1) is 21.6. The van der Waals surface area contributed by atoms with E-state index in [4.69, 9.17) is 32.5 Å². The molecule has 168 valence electrons. The Morgan fingerprint density at radius 1 is 0.710 bits per heavy atom. The van der Waals surface area contributed by atoms with Crippen LogP contribution in [0.15, 0.2) is 30.6 Å². The fourth-order valence-electron chi connectivity index (χ4n) is 3.98. The molecular weight excluding hydrogens is 408 g/mol. The molecule has 0 radical (unpaired) electrons. The summed E-state index contributed by atoms with van der Waals surface area (Å²) in [5.41, 5.74) is -0.0538. The molecule has 2 aliphatic rings. The number of rotatable bonds is 4. The molecule has 0 saturated carbocycles. The topological polar surface area (TPSA) is 107 Å².